The van der Waals surface area contributed by atoms with Crippen molar-refractivity contribution in [3.63, 3.8) is 0 Å². The van der Waals surface area contributed by atoms with Crippen molar-refractivity contribution in [3.8, 4) is 0 Å². The Kier molecular flexibility index (Phi) is 5.33. The summed E-state index contributed by atoms with van der Waals surface area (Å²) in [6, 6.07) is 9.15. The molecule has 5 rings (SSSR count). The second kappa shape index (κ2) is 7.48. The number of amides is 1. The summed E-state index contributed by atoms with van der Waals surface area (Å²) in [4.78, 5) is 14.6. The molecule has 1 heterocycles. The summed E-state index contributed by atoms with van der Waals surface area (Å²) >= 11 is 0. The zero-order valence-electron chi connectivity index (χ0n) is 18.3. The molecule has 1 amide bonds. The normalized spacial score (nSPS) is 34.5. The van der Waals surface area contributed by atoms with Gasteiger partial charge < -0.3 is 10.2 Å². The molecule has 1 N–H and O–H groups in total. The van der Waals surface area contributed by atoms with Gasteiger partial charge in [0, 0.05) is 30.7 Å². The largest absolute Gasteiger partial charge is 0.309 e. The van der Waals surface area contributed by atoms with E-state index >= 15 is 0 Å². The van der Waals surface area contributed by atoms with Gasteiger partial charge in [-0.3, -0.25) is 4.79 Å². The van der Waals surface area contributed by atoms with E-state index in [9.17, 15) is 4.79 Å². The second-order valence-electron chi connectivity index (χ2n) is 10.2. The lowest BCUT2D eigenvalue weighted by Gasteiger charge is -2.56. The van der Waals surface area contributed by atoms with Crippen LogP contribution in [0, 0.1) is 16.7 Å². The van der Waals surface area contributed by atoms with Gasteiger partial charge in [-0.15, -0.1) is 0 Å². The second-order valence-corrected chi connectivity index (χ2v) is 10.2. The van der Waals surface area contributed by atoms with Crippen LogP contribution in [0.25, 0.3) is 0 Å². The standard InChI is InChI=1S/C25H38N2O/c1-5-23(28)27-19(4)16-21(20-8-6-7-9-22(20)27)26-17-24-10-13-25(14-11-24,15-12-24)18(2)3/h6-9,18-19,21,26H,5,10-17H2,1-4H3. The van der Waals surface area contributed by atoms with Gasteiger partial charge in [0.15, 0.2) is 0 Å². The molecule has 2 unspecified atom stereocenters. The highest BCUT2D eigenvalue weighted by molar-refractivity contribution is 5.95. The van der Waals surface area contributed by atoms with E-state index in [0.717, 1.165) is 24.6 Å². The fourth-order valence-corrected chi connectivity index (χ4v) is 6.32. The third kappa shape index (κ3) is 3.30. The van der Waals surface area contributed by atoms with Crippen molar-refractivity contribution in [2.24, 2.45) is 16.7 Å². The number of anilines is 1. The van der Waals surface area contributed by atoms with Crippen molar-refractivity contribution in [1.82, 2.24) is 5.32 Å². The molecule has 0 aromatic heterocycles. The highest BCUT2D eigenvalue weighted by Gasteiger charge is 2.49. The number of para-hydroxylation sites is 1. The van der Waals surface area contributed by atoms with Gasteiger partial charge in [-0.1, -0.05) is 39.0 Å². The van der Waals surface area contributed by atoms with E-state index in [1.807, 2.05) is 11.8 Å². The highest BCUT2D eigenvalue weighted by Crippen LogP contribution is 2.59. The number of hydrogen-bond donors (Lipinski definition) is 1. The topological polar surface area (TPSA) is 32.3 Å². The summed E-state index contributed by atoms with van der Waals surface area (Å²) in [7, 11) is 0. The van der Waals surface area contributed by atoms with Crippen molar-refractivity contribution in [1.29, 1.82) is 0 Å². The fraction of sp³-hybridized carbons (Fsp3) is 0.720. The molecule has 154 valence electrons. The fourth-order valence-electron chi connectivity index (χ4n) is 6.32. The van der Waals surface area contributed by atoms with Crippen LogP contribution in [0.1, 0.15) is 90.7 Å². The van der Waals surface area contributed by atoms with Crippen molar-refractivity contribution in [2.45, 2.75) is 91.1 Å². The summed E-state index contributed by atoms with van der Waals surface area (Å²) in [5.41, 5.74) is 3.57. The zero-order chi connectivity index (χ0) is 19.9. The lowest BCUT2D eigenvalue weighted by Crippen LogP contribution is -2.50. The van der Waals surface area contributed by atoms with Gasteiger partial charge in [0.25, 0.3) is 0 Å². The van der Waals surface area contributed by atoms with E-state index in [-0.39, 0.29) is 11.9 Å². The predicted molar refractivity (Wildman–Crippen MR) is 116 cm³/mol. The molecule has 2 atom stereocenters. The first kappa shape index (κ1) is 19.9. The van der Waals surface area contributed by atoms with Gasteiger partial charge in [0.2, 0.25) is 5.91 Å². The lowest BCUT2D eigenvalue weighted by atomic mass is 9.50. The van der Waals surface area contributed by atoms with E-state index in [1.165, 1.54) is 44.1 Å². The molecule has 0 saturated heterocycles. The van der Waals surface area contributed by atoms with E-state index in [4.69, 9.17) is 0 Å². The highest BCUT2D eigenvalue weighted by atomic mass is 16.2. The van der Waals surface area contributed by atoms with Crippen LogP contribution in [-0.2, 0) is 4.79 Å². The van der Waals surface area contributed by atoms with Gasteiger partial charge in [-0.2, -0.15) is 0 Å². The van der Waals surface area contributed by atoms with E-state index in [2.05, 4.69) is 50.4 Å². The summed E-state index contributed by atoms with van der Waals surface area (Å²) in [6.45, 7) is 10.2. The van der Waals surface area contributed by atoms with Crippen LogP contribution in [0.15, 0.2) is 24.3 Å². The monoisotopic (exact) mass is 382 g/mol. The Bertz CT molecular complexity index is 700. The molecule has 3 aliphatic carbocycles. The molecule has 0 radical (unpaired) electrons. The molecule has 28 heavy (non-hydrogen) atoms. The summed E-state index contributed by atoms with van der Waals surface area (Å²) in [5.74, 6) is 1.06. The first-order chi connectivity index (χ1) is 13.4. The van der Waals surface area contributed by atoms with Crippen LogP contribution in [0.3, 0.4) is 0 Å². The molecule has 0 spiro atoms. The summed E-state index contributed by atoms with van der Waals surface area (Å²) in [5, 5.41) is 3.98. The number of carbonyl (C=O) groups is 1. The molecule has 2 bridgehead atoms. The molecule has 3 fully saturated rings. The van der Waals surface area contributed by atoms with Gasteiger partial charge >= 0.3 is 0 Å². The number of nitrogens with one attached hydrogen (secondary N) is 1. The lowest BCUT2D eigenvalue weighted by molar-refractivity contribution is -0.118. The Morgan fingerprint density at radius 2 is 1.79 bits per heavy atom. The average molecular weight is 383 g/mol. The van der Waals surface area contributed by atoms with Crippen LogP contribution in [-0.4, -0.2) is 18.5 Å². The molecule has 3 nitrogen and oxygen atoms in total. The predicted octanol–water partition coefficient (Wildman–Crippen LogP) is 5.85. The molecule has 3 saturated carbocycles. The number of fused-ring (bicyclic) bond motifs is 4. The molecule has 1 aromatic carbocycles. The summed E-state index contributed by atoms with van der Waals surface area (Å²) < 4.78 is 0. The van der Waals surface area contributed by atoms with Crippen molar-refractivity contribution in [2.75, 3.05) is 11.4 Å². The number of nitrogens with zero attached hydrogens (tertiary/aromatic N) is 1. The van der Waals surface area contributed by atoms with Crippen LogP contribution < -0.4 is 10.2 Å². The van der Waals surface area contributed by atoms with Gasteiger partial charge in [-0.25, -0.2) is 0 Å². The van der Waals surface area contributed by atoms with Gasteiger partial charge in [-0.05, 0) is 80.2 Å². The van der Waals surface area contributed by atoms with E-state index in [0.29, 0.717) is 23.3 Å². The maximum Gasteiger partial charge on any atom is 0.226 e. The van der Waals surface area contributed by atoms with Gasteiger partial charge in [0.05, 0.1) is 0 Å². The van der Waals surface area contributed by atoms with Gasteiger partial charge in [0.1, 0.15) is 0 Å². The molecule has 3 heteroatoms. The molecular weight excluding hydrogens is 344 g/mol. The molecule has 1 aromatic rings. The number of hydrogen-bond acceptors (Lipinski definition) is 2. The zero-order valence-corrected chi connectivity index (χ0v) is 18.3. The van der Waals surface area contributed by atoms with Crippen LogP contribution >= 0.6 is 0 Å². The van der Waals surface area contributed by atoms with Crippen LogP contribution in [0.4, 0.5) is 5.69 Å². The van der Waals surface area contributed by atoms with Crippen molar-refractivity contribution < 1.29 is 4.79 Å². The van der Waals surface area contributed by atoms with Crippen LogP contribution in [0.2, 0.25) is 0 Å². The average Bonchev–Trinajstić information content (AvgIpc) is 2.73. The SMILES string of the molecule is CCC(=O)N1c2ccccc2C(NCC23CCC(C(C)C)(CC2)CC3)CC1C. The third-order valence-electron chi connectivity index (χ3n) is 8.57. The van der Waals surface area contributed by atoms with E-state index < -0.39 is 0 Å². The Hall–Kier alpha value is -1.35. The molecule has 1 aliphatic heterocycles. The maximum atomic E-state index is 12.5. The molecule has 4 aliphatic rings. The first-order valence-corrected chi connectivity index (χ1v) is 11.5. The minimum Gasteiger partial charge on any atom is -0.309 e. The van der Waals surface area contributed by atoms with E-state index in [1.54, 1.807) is 0 Å². The van der Waals surface area contributed by atoms with Crippen molar-refractivity contribution >= 4 is 11.6 Å². The quantitative estimate of drug-likeness (QED) is 0.693. The number of benzene rings is 1. The number of carbonyl (C=O) groups excluding carboxylic acids is 1. The first-order valence-electron chi connectivity index (χ1n) is 11.5. The third-order valence-corrected chi connectivity index (χ3v) is 8.57. The smallest absolute Gasteiger partial charge is 0.226 e. The van der Waals surface area contributed by atoms with Crippen LogP contribution in [0.5, 0.6) is 0 Å². The summed E-state index contributed by atoms with van der Waals surface area (Å²) in [6.07, 6.45) is 10.0. The minimum atomic E-state index is 0.238. The minimum absolute atomic E-state index is 0.238. The number of rotatable bonds is 5. The molecular formula is C25H38N2O. The maximum absolute atomic E-state index is 12.5. The Morgan fingerprint density at radius 1 is 1.14 bits per heavy atom. The van der Waals surface area contributed by atoms with Crippen molar-refractivity contribution in [3.05, 3.63) is 29.8 Å². The Labute approximate surface area is 171 Å². The Balaban J connectivity index is 1.48. The Morgan fingerprint density at radius 3 is 2.39 bits per heavy atom.